The molecule has 2 heteroatoms. The summed E-state index contributed by atoms with van der Waals surface area (Å²) in [6, 6.07) is 12.4. The van der Waals surface area contributed by atoms with Crippen molar-refractivity contribution in [2.75, 3.05) is 20.6 Å². The van der Waals surface area contributed by atoms with Gasteiger partial charge in [-0.2, -0.15) is 5.26 Å². The first kappa shape index (κ1) is 11.7. The van der Waals surface area contributed by atoms with Crippen LogP contribution in [0.15, 0.2) is 30.3 Å². The second-order valence-corrected chi connectivity index (χ2v) is 4.36. The molecule has 2 nitrogen and oxygen atoms in total. The minimum Gasteiger partial charge on any atom is -0.309 e. The van der Waals surface area contributed by atoms with Crippen molar-refractivity contribution in [3.63, 3.8) is 0 Å². The van der Waals surface area contributed by atoms with E-state index < -0.39 is 0 Å². The SMILES string of the molecule is CN(C)CCC(C)(C#N)c1ccccc1. The Morgan fingerprint density at radius 2 is 1.87 bits per heavy atom. The van der Waals surface area contributed by atoms with Crippen molar-refractivity contribution in [2.24, 2.45) is 0 Å². The molecule has 1 rings (SSSR count). The number of nitriles is 1. The molecular weight excluding hydrogens is 184 g/mol. The van der Waals surface area contributed by atoms with Crippen LogP contribution >= 0.6 is 0 Å². The lowest BCUT2D eigenvalue weighted by molar-refractivity contribution is 0.363. The van der Waals surface area contributed by atoms with Crippen LogP contribution in [0.4, 0.5) is 0 Å². The molecular formula is C13H18N2. The fourth-order valence-corrected chi connectivity index (χ4v) is 1.52. The fraction of sp³-hybridized carbons (Fsp3) is 0.462. The fourth-order valence-electron chi connectivity index (χ4n) is 1.52. The Labute approximate surface area is 92.1 Å². The molecule has 0 saturated heterocycles. The highest BCUT2D eigenvalue weighted by Crippen LogP contribution is 2.26. The molecule has 0 aromatic heterocycles. The van der Waals surface area contributed by atoms with Crippen LogP contribution in [0.25, 0.3) is 0 Å². The third-order valence-corrected chi connectivity index (χ3v) is 2.72. The summed E-state index contributed by atoms with van der Waals surface area (Å²) in [5, 5.41) is 9.28. The summed E-state index contributed by atoms with van der Waals surface area (Å²) in [6.07, 6.45) is 0.862. The maximum Gasteiger partial charge on any atom is 0.0806 e. The molecule has 0 aliphatic carbocycles. The minimum atomic E-state index is -0.370. The summed E-state index contributed by atoms with van der Waals surface area (Å²) in [5.41, 5.74) is 0.736. The molecule has 1 aromatic carbocycles. The highest BCUT2D eigenvalue weighted by atomic mass is 15.0. The Kier molecular flexibility index (Phi) is 3.88. The van der Waals surface area contributed by atoms with Crippen LogP contribution in [0.1, 0.15) is 18.9 Å². The van der Waals surface area contributed by atoms with E-state index in [9.17, 15) is 5.26 Å². The second-order valence-electron chi connectivity index (χ2n) is 4.36. The van der Waals surface area contributed by atoms with E-state index in [0.29, 0.717) is 0 Å². The molecule has 0 aliphatic rings. The van der Waals surface area contributed by atoms with E-state index in [1.807, 2.05) is 51.4 Å². The first-order valence-electron chi connectivity index (χ1n) is 5.20. The monoisotopic (exact) mass is 202 g/mol. The molecule has 0 spiro atoms. The normalized spacial score (nSPS) is 14.6. The van der Waals surface area contributed by atoms with Crippen LogP contribution in [0.5, 0.6) is 0 Å². The molecule has 15 heavy (non-hydrogen) atoms. The van der Waals surface area contributed by atoms with E-state index >= 15 is 0 Å². The van der Waals surface area contributed by atoms with Gasteiger partial charge in [-0.25, -0.2) is 0 Å². The van der Waals surface area contributed by atoms with E-state index in [1.54, 1.807) is 0 Å². The van der Waals surface area contributed by atoms with Gasteiger partial charge in [-0.1, -0.05) is 30.3 Å². The summed E-state index contributed by atoms with van der Waals surface area (Å²) in [6.45, 7) is 2.94. The van der Waals surface area contributed by atoms with E-state index in [4.69, 9.17) is 0 Å². The molecule has 0 bridgehead atoms. The van der Waals surface area contributed by atoms with Crippen molar-refractivity contribution in [1.29, 1.82) is 5.26 Å². The number of hydrogen-bond acceptors (Lipinski definition) is 2. The molecule has 0 amide bonds. The van der Waals surface area contributed by atoms with Gasteiger partial charge in [-0.05, 0) is 39.5 Å². The van der Waals surface area contributed by atoms with Crippen LogP contribution in [-0.4, -0.2) is 25.5 Å². The largest absolute Gasteiger partial charge is 0.309 e. The Balaban J connectivity index is 2.82. The van der Waals surface area contributed by atoms with Crippen molar-refractivity contribution in [2.45, 2.75) is 18.8 Å². The van der Waals surface area contributed by atoms with Gasteiger partial charge in [-0.15, -0.1) is 0 Å². The molecule has 0 fully saturated rings. The lowest BCUT2D eigenvalue weighted by Gasteiger charge is -2.23. The van der Waals surface area contributed by atoms with E-state index in [2.05, 4.69) is 11.0 Å². The summed E-state index contributed by atoms with van der Waals surface area (Å²) in [4.78, 5) is 2.11. The standard InChI is InChI=1S/C13H18N2/c1-13(11-14,9-10-15(2)3)12-7-5-4-6-8-12/h4-8H,9-10H2,1-3H3. The lowest BCUT2D eigenvalue weighted by atomic mass is 9.81. The molecule has 80 valence electrons. The molecule has 1 aromatic rings. The van der Waals surface area contributed by atoms with E-state index in [-0.39, 0.29) is 5.41 Å². The number of hydrogen-bond donors (Lipinski definition) is 0. The zero-order valence-electron chi connectivity index (χ0n) is 9.70. The molecule has 0 saturated carbocycles. The predicted octanol–water partition coefficient (Wildman–Crippen LogP) is 2.42. The first-order valence-corrected chi connectivity index (χ1v) is 5.20. The maximum absolute atomic E-state index is 9.28. The van der Waals surface area contributed by atoms with Crippen LogP contribution in [0.2, 0.25) is 0 Å². The third-order valence-electron chi connectivity index (χ3n) is 2.72. The van der Waals surface area contributed by atoms with Gasteiger partial charge in [0.05, 0.1) is 11.5 Å². The predicted molar refractivity (Wildman–Crippen MR) is 62.6 cm³/mol. The average molecular weight is 202 g/mol. The van der Waals surface area contributed by atoms with Crippen molar-refractivity contribution in [1.82, 2.24) is 4.90 Å². The molecule has 0 N–H and O–H groups in total. The van der Waals surface area contributed by atoms with Gasteiger partial charge >= 0.3 is 0 Å². The summed E-state index contributed by atoms with van der Waals surface area (Å²) in [7, 11) is 4.06. The van der Waals surface area contributed by atoms with Gasteiger partial charge in [-0.3, -0.25) is 0 Å². The first-order chi connectivity index (χ1) is 7.08. The smallest absolute Gasteiger partial charge is 0.0806 e. The van der Waals surface area contributed by atoms with Crippen molar-refractivity contribution in [3.8, 4) is 6.07 Å². The van der Waals surface area contributed by atoms with Gasteiger partial charge in [0.2, 0.25) is 0 Å². The topological polar surface area (TPSA) is 27.0 Å². The Bertz CT molecular complexity index is 337. The van der Waals surface area contributed by atoms with Gasteiger partial charge in [0.15, 0.2) is 0 Å². The number of benzene rings is 1. The minimum absolute atomic E-state index is 0.370. The van der Waals surface area contributed by atoms with E-state index in [1.165, 1.54) is 0 Å². The quantitative estimate of drug-likeness (QED) is 0.749. The highest BCUT2D eigenvalue weighted by Gasteiger charge is 2.25. The zero-order valence-corrected chi connectivity index (χ0v) is 9.70. The zero-order chi connectivity index (χ0) is 11.3. The van der Waals surface area contributed by atoms with Gasteiger partial charge in [0, 0.05) is 0 Å². The van der Waals surface area contributed by atoms with Crippen LogP contribution < -0.4 is 0 Å². The molecule has 0 radical (unpaired) electrons. The average Bonchev–Trinajstić information content (AvgIpc) is 2.27. The summed E-state index contributed by atoms with van der Waals surface area (Å²) < 4.78 is 0. The van der Waals surface area contributed by atoms with Crippen LogP contribution in [-0.2, 0) is 5.41 Å². The molecule has 0 heterocycles. The molecule has 0 aliphatic heterocycles. The number of rotatable bonds is 4. The molecule has 1 unspecified atom stereocenters. The second kappa shape index (κ2) is 4.95. The van der Waals surface area contributed by atoms with Gasteiger partial charge < -0.3 is 4.90 Å². The van der Waals surface area contributed by atoms with Crippen molar-refractivity contribution in [3.05, 3.63) is 35.9 Å². The highest BCUT2D eigenvalue weighted by molar-refractivity contribution is 5.30. The van der Waals surface area contributed by atoms with Gasteiger partial charge in [0.25, 0.3) is 0 Å². The number of nitrogens with zero attached hydrogens (tertiary/aromatic N) is 2. The third kappa shape index (κ3) is 3.07. The lowest BCUT2D eigenvalue weighted by Crippen LogP contribution is -2.26. The van der Waals surface area contributed by atoms with Crippen molar-refractivity contribution < 1.29 is 0 Å². The van der Waals surface area contributed by atoms with Gasteiger partial charge in [0.1, 0.15) is 0 Å². The Morgan fingerprint density at radius 3 is 2.33 bits per heavy atom. The summed E-state index contributed by atoms with van der Waals surface area (Å²) >= 11 is 0. The van der Waals surface area contributed by atoms with Crippen LogP contribution in [0.3, 0.4) is 0 Å². The van der Waals surface area contributed by atoms with Crippen LogP contribution in [0, 0.1) is 11.3 Å². The maximum atomic E-state index is 9.28. The Hall–Kier alpha value is -1.33. The van der Waals surface area contributed by atoms with E-state index in [0.717, 1.165) is 18.5 Å². The molecule has 1 atom stereocenters. The summed E-state index contributed by atoms with van der Waals surface area (Å²) in [5.74, 6) is 0. The van der Waals surface area contributed by atoms with Crippen molar-refractivity contribution >= 4 is 0 Å². The Morgan fingerprint density at radius 1 is 1.27 bits per heavy atom.